The standard InChI is InChI=1S/C16H12Cl2N4O/c1-10-3-2-6-20-15(10)21-9-11(8-19)16(23)22-14-7-12(17)4-5-13(14)18/h2-7,9H,1H3,(H,20,21)(H,22,23)/b11-9-. The second-order valence-electron chi connectivity index (χ2n) is 4.56. The zero-order valence-corrected chi connectivity index (χ0v) is 13.6. The minimum atomic E-state index is -0.599. The number of rotatable bonds is 4. The van der Waals surface area contributed by atoms with Crippen molar-refractivity contribution in [1.29, 1.82) is 5.26 Å². The summed E-state index contributed by atoms with van der Waals surface area (Å²) in [6.45, 7) is 1.86. The molecular formula is C16H12Cl2N4O. The lowest BCUT2D eigenvalue weighted by Crippen LogP contribution is -2.15. The quantitative estimate of drug-likeness (QED) is 0.643. The minimum absolute atomic E-state index is 0.119. The van der Waals surface area contributed by atoms with E-state index in [0.29, 0.717) is 21.6 Å². The fraction of sp³-hybridized carbons (Fsp3) is 0.0625. The topological polar surface area (TPSA) is 77.8 Å². The molecule has 0 bridgehead atoms. The SMILES string of the molecule is Cc1cccnc1N/C=C(/C#N)C(=O)Nc1cc(Cl)ccc1Cl. The molecule has 0 aliphatic carbocycles. The van der Waals surface area contributed by atoms with Crippen LogP contribution in [0.25, 0.3) is 0 Å². The van der Waals surface area contributed by atoms with E-state index in [-0.39, 0.29) is 5.57 Å². The highest BCUT2D eigenvalue weighted by Gasteiger charge is 2.12. The number of hydrogen-bond donors (Lipinski definition) is 2. The number of benzene rings is 1. The van der Waals surface area contributed by atoms with E-state index >= 15 is 0 Å². The second-order valence-corrected chi connectivity index (χ2v) is 5.40. The molecule has 2 N–H and O–H groups in total. The van der Waals surface area contributed by atoms with Crippen molar-refractivity contribution in [3.05, 3.63) is 63.9 Å². The van der Waals surface area contributed by atoms with Gasteiger partial charge in [0, 0.05) is 17.4 Å². The van der Waals surface area contributed by atoms with Crippen molar-refractivity contribution in [3.63, 3.8) is 0 Å². The molecule has 1 heterocycles. The van der Waals surface area contributed by atoms with Gasteiger partial charge in [-0.05, 0) is 36.8 Å². The molecule has 0 atom stereocenters. The van der Waals surface area contributed by atoms with Gasteiger partial charge in [0.15, 0.2) is 0 Å². The smallest absolute Gasteiger partial charge is 0.267 e. The molecule has 5 nitrogen and oxygen atoms in total. The monoisotopic (exact) mass is 346 g/mol. The average Bonchev–Trinajstić information content (AvgIpc) is 2.53. The third-order valence-electron chi connectivity index (χ3n) is 2.90. The Bertz CT molecular complexity index is 812. The predicted molar refractivity (Wildman–Crippen MR) is 91.4 cm³/mol. The molecule has 0 unspecified atom stereocenters. The summed E-state index contributed by atoms with van der Waals surface area (Å²) < 4.78 is 0. The Morgan fingerprint density at radius 3 is 2.83 bits per heavy atom. The summed E-state index contributed by atoms with van der Waals surface area (Å²) in [6.07, 6.45) is 2.91. The highest BCUT2D eigenvalue weighted by molar-refractivity contribution is 6.35. The normalized spacial score (nSPS) is 10.8. The summed E-state index contributed by atoms with van der Waals surface area (Å²) in [5, 5.41) is 15.3. The van der Waals surface area contributed by atoms with Gasteiger partial charge >= 0.3 is 0 Å². The van der Waals surface area contributed by atoms with E-state index in [1.54, 1.807) is 24.4 Å². The van der Waals surface area contributed by atoms with Gasteiger partial charge in [-0.3, -0.25) is 4.79 Å². The van der Waals surface area contributed by atoms with Gasteiger partial charge in [0.25, 0.3) is 5.91 Å². The van der Waals surface area contributed by atoms with Crippen LogP contribution < -0.4 is 10.6 Å². The first-order valence-electron chi connectivity index (χ1n) is 6.56. The molecule has 116 valence electrons. The van der Waals surface area contributed by atoms with Crippen LogP contribution in [0.5, 0.6) is 0 Å². The first kappa shape index (κ1) is 16.8. The highest BCUT2D eigenvalue weighted by atomic mass is 35.5. The van der Waals surface area contributed by atoms with Crippen LogP contribution in [0.1, 0.15) is 5.56 Å². The number of pyridine rings is 1. The third kappa shape index (κ3) is 4.46. The molecule has 23 heavy (non-hydrogen) atoms. The Labute approximate surface area is 143 Å². The number of hydrogen-bond acceptors (Lipinski definition) is 4. The zero-order chi connectivity index (χ0) is 16.8. The summed E-state index contributed by atoms with van der Waals surface area (Å²) in [5.74, 6) is -0.0356. The van der Waals surface area contributed by atoms with Gasteiger partial charge in [-0.1, -0.05) is 29.3 Å². The second kappa shape index (κ2) is 7.63. The number of nitrogens with zero attached hydrogens (tertiary/aromatic N) is 2. The number of nitrogens with one attached hydrogen (secondary N) is 2. The molecule has 0 saturated carbocycles. The first-order valence-corrected chi connectivity index (χ1v) is 7.31. The maximum atomic E-state index is 12.1. The molecule has 0 radical (unpaired) electrons. The van der Waals surface area contributed by atoms with Crippen LogP contribution in [-0.2, 0) is 4.79 Å². The Kier molecular flexibility index (Phi) is 5.58. The van der Waals surface area contributed by atoms with Crippen molar-refractivity contribution in [3.8, 4) is 6.07 Å². The van der Waals surface area contributed by atoms with Crippen molar-refractivity contribution in [1.82, 2.24) is 4.98 Å². The molecule has 2 aromatic rings. The van der Waals surface area contributed by atoms with Gasteiger partial charge in [-0.25, -0.2) is 4.98 Å². The summed E-state index contributed by atoms with van der Waals surface area (Å²) in [7, 11) is 0. The van der Waals surface area contributed by atoms with Gasteiger partial charge < -0.3 is 10.6 Å². The van der Waals surface area contributed by atoms with Crippen LogP contribution in [0.15, 0.2) is 48.3 Å². The molecule has 0 spiro atoms. The van der Waals surface area contributed by atoms with Crippen molar-refractivity contribution in [2.24, 2.45) is 0 Å². The molecular weight excluding hydrogens is 335 g/mol. The number of nitriles is 1. The Morgan fingerprint density at radius 1 is 1.35 bits per heavy atom. The summed E-state index contributed by atoms with van der Waals surface area (Å²) in [6, 6.07) is 10.2. The van der Waals surface area contributed by atoms with E-state index in [0.717, 1.165) is 5.56 Å². The lowest BCUT2D eigenvalue weighted by atomic mass is 10.2. The minimum Gasteiger partial charge on any atom is -0.345 e. The number of amides is 1. The van der Waals surface area contributed by atoms with Crippen molar-refractivity contribution >= 4 is 40.6 Å². The van der Waals surface area contributed by atoms with E-state index in [1.165, 1.54) is 12.3 Å². The molecule has 0 saturated heterocycles. The molecule has 1 aromatic heterocycles. The lowest BCUT2D eigenvalue weighted by Gasteiger charge is -2.08. The lowest BCUT2D eigenvalue weighted by molar-refractivity contribution is -0.112. The van der Waals surface area contributed by atoms with Gasteiger partial charge in [0.1, 0.15) is 17.5 Å². The van der Waals surface area contributed by atoms with Crippen LogP contribution in [0.4, 0.5) is 11.5 Å². The number of anilines is 2. The fourth-order valence-electron chi connectivity index (χ4n) is 1.71. The number of halogens is 2. The molecule has 0 aliphatic heterocycles. The molecule has 7 heteroatoms. The van der Waals surface area contributed by atoms with Crippen LogP contribution in [0.3, 0.4) is 0 Å². The van der Waals surface area contributed by atoms with E-state index < -0.39 is 5.91 Å². The molecule has 0 aliphatic rings. The molecule has 0 fully saturated rings. The number of aryl methyl sites for hydroxylation is 1. The Morgan fingerprint density at radius 2 is 2.13 bits per heavy atom. The van der Waals surface area contributed by atoms with E-state index in [4.69, 9.17) is 28.5 Å². The summed E-state index contributed by atoms with van der Waals surface area (Å²) in [4.78, 5) is 16.3. The number of carbonyl (C=O) groups is 1. The van der Waals surface area contributed by atoms with Crippen molar-refractivity contribution in [2.75, 3.05) is 10.6 Å². The van der Waals surface area contributed by atoms with Crippen LogP contribution in [-0.4, -0.2) is 10.9 Å². The molecule has 2 rings (SSSR count). The number of aromatic nitrogens is 1. The Hall–Kier alpha value is -2.55. The maximum absolute atomic E-state index is 12.1. The first-order chi connectivity index (χ1) is 11.0. The van der Waals surface area contributed by atoms with Crippen molar-refractivity contribution in [2.45, 2.75) is 6.92 Å². The van der Waals surface area contributed by atoms with E-state index in [1.807, 2.05) is 19.1 Å². The van der Waals surface area contributed by atoms with Crippen LogP contribution >= 0.6 is 23.2 Å². The molecule has 1 aromatic carbocycles. The average molecular weight is 347 g/mol. The van der Waals surface area contributed by atoms with Gasteiger partial charge in [0.2, 0.25) is 0 Å². The third-order valence-corrected chi connectivity index (χ3v) is 3.47. The van der Waals surface area contributed by atoms with Gasteiger partial charge in [-0.2, -0.15) is 5.26 Å². The van der Waals surface area contributed by atoms with Gasteiger partial charge in [-0.15, -0.1) is 0 Å². The largest absolute Gasteiger partial charge is 0.345 e. The maximum Gasteiger partial charge on any atom is 0.267 e. The number of carbonyl (C=O) groups excluding carboxylic acids is 1. The van der Waals surface area contributed by atoms with Crippen molar-refractivity contribution < 1.29 is 4.79 Å². The Balaban J connectivity index is 2.16. The van der Waals surface area contributed by atoms with Crippen LogP contribution in [0.2, 0.25) is 10.0 Å². The summed E-state index contributed by atoms with van der Waals surface area (Å²) in [5.41, 5.74) is 1.10. The summed E-state index contributed by atoms with van der Waals surface area (Å²) >= 11 is 11.8. The van der Waals surface area contributed by atoms with Crippen LogP contribution in [0, 0.1) is 18.3 Å². The van der Waals surface area contributed by atoms with Gasteiger partial charge in [0.05, 0.1) is 10.7 Å². The predicted octanol–water partition coefficient (Wildman–Crippen LogP) is 4.15. The van der Waals surface area contributed by atoms with E-state index in [9.17, 15) is 4.79 Å². The molecule has 1 amide bonds. The fourth-order valence-corrected chi connectivity index (χ4v) is 2.05. The highest BCUT2D eigenvalue weighted by Crippen LogP contribution is 2.25. The van der Waals surface area contributed by atoms with E-state index in [2.05, 4.69) is 15.6 Å². The zero-order valence-electron chi connectivity index (χ0n) is 12.1.